The molecule has 2 rings (SSSR count). The second-order valence-electron chi connectivity index (χ2n) is 4.31. The highest BCUT2D eigenvalue weighted by atomic mass is 35.5. The van der Waals surface area contributed by atoms with E-state index in [1.807, 2.05) is 19.2 Å². The fourth-order valence-corrected chi connectivity index (χ4v) is 2.54. The second-order valence-corrected chi connectivity index (χ2v) is 4.70. The minimum Gasteiger partial charge on any atom is -0.318 e. The van der Waals surface area contributed by atoms with Crippen LogP contribution >= 0.6 is 11.6 Å². The van der Waals surface area contributed by atoms with E-state index < -0.39 is 0 Å². The van der Waals surface area contributed by atoms with Crippen LogP contribution in [-0.2, 0) is 6.54 Å². The van der Waals surface area contributed by atoms with Gasteiger partial charge in [-0.15, -0.1) is 0 Å². The average molecular weight is 240 g/mol. The van der Waals surface area contributed by atoms with Crippen molar-refractivity contribution in [2.24, 2.45) is 0 Å². The Balaban J connectivity index is 1.98. The molecule has 16 heavy (non-hydrogen) atoms. The summed E-state index contributed by atoms with van der Waals surface area (Å²) in [7, 11) is 2.01. The van der Waals surface area contributed by atoms with Gasteiger partial charge in [0.25, 0.3) is 0 Å². The van der Waals surface area contributed by atoms with Crippen molar-refractivity contribution < 1.29 is 0 Å². The number of likely N-dealkylation sites (N-methyl/N-ethyl adjacent to an activating group) is 1. The highest BCUT2D eigenvalue weighted by Gasteiger charge is 2.23. The Morgan fingerprint density at radius 2 is 2.50 bits per heavy atom. The molecule has 1 aliphatic rings. The summed E-state index contributed by atoms with van der Waals surface area (Å²) in [4.78, 5) is 6.52. The first-order chi connectivity index (χ1) is 7.79. The third kappa shape index (κ3) is 2.94. The number of rotatable bonds is 4. The largest absolute Gasteiger partial charge is 0.318 e. The molecule has 88 valence electrons. The van der Waals surface area contributed by atoms with Crippen LogP contribution in [0.4, 0.5) is 0 Å². The minimum absolute atomic E-state index is 0.585. The summed E-state index contributed by atoms with van der Waals surface area (Å²) >= 11 is 5.89. The number of nitrogens with zero attached hydrogens (tertiary/aromatic N) is 2. The Hall–Kier alpha value is -0.640. The highest BCUT2D eigenvalue weighted by Crippen LogP contribution is 2.20. The zero-order valence-corrected chi connectivity index (χ0v) is 10.4. The van der Waals surface area contributed by atoms with Crippen LogP contribution in [0.25, 0.3) is 0 Å². The van der Waals surface area contributed by atoms with Crippen molar-refractivity contribution in [3.8, 4) is 0 Å². The molecule has 0 aliphatic carbocycles. The van der Waals surface area contributed by atoms with E-state index in [1.54, 1.807) is 6.20 Å². The van der Waals surface area contributed by atoms with Crippen molar-refractivity contribution in [2.75, 3.05) is 20.1 Å². The summed E-state index contributed by atoms with van der Waals surface area (Å²) in [5.74, 6) is 0. The number of aromatic nitrogens is 1. The van der Waals surface area contributed by atoms with E-state index in [0.717, 1.165) is 13.1 Å². The number of hydrogen-bond donors (Lipinski definition) is 1. The quantitative estimate of drug-likeness (QED) is 0.814. The summed E-state index contributed by atoms with van der Waals surface area (Å²) in [6, 6.07) is 4.66. The maximum absolute atomic E-state index is 5.89. The van der Waals surface area contributed by atoms with Gasteiger partial charge in [-0.05, 0) is 44.1 Å². The van der Waals surface area contributed by atoms with Crippen molar-refractivity contribution >= 4 is 11.6 Å². The van der Waals surface area contributed by atoms with Crippen LogP contribution < -0.4 is 5.32 Å². The normalized spacial score (nSPS) is 21.5. The lowest BCUT2D eigenvalue weighted by atomic mass is 10.2. The van der Waals surface area contributed by atoms with Gasteiger partial charge in [0.1, 0.15) is 5.15 Å². The highest BCUT2D eigenvalue weighted by molar-refractivity contribution is 6.29. The molecule has 1 aromatic rings. The first-order valence-electron chi connectivity index (χ1n) is 5.78. The average Bonchev–Trinajstić information content (AvgIpc) is 2.66. The molecule has 0 amide bonds. The minimum atomic E-state index is 0.585. The van der Waals surface area contributed by atoms with E-state index in [2.05, 4.69) is 15.2 Å². The van der Waals surface area contributed by atoms with Gasteiger partial charge in [-0.25, -0.2) is 4.98 Å². The SMILES string of the molecule is CNCC1CCCN1Cc1ccnc(Cl)c1. The van der Waals surface area contributed by atoms with Gasteiger partial charge in [-0.1, -0.05) is 11.6 Å². The van der Waals surface area contributed by atoms with Gasteiger partial charge in [0.05, 0.1) is 0 Å². The summed E-state index contributed by atoms with van der Waals surface area (Å²) in [5.41, 5.74) is 1.25. The standard InChI is InChI=1S/C12H18ClN3/c1-14-8-11-3-2-6-16(11)9-10-4-5-15-12(13)7-10/h4-5,7,11,14H,2-3,6,8-9H2,1H3. The van der Waals surface area contributed by atoms with E-state index in [1.165, 1.54) is 24.9 Å². The number of pyridine rings is 1. The predicted molar refractivity (Wildman–Crippen MR) is 66.6 cm³/mol. The lowest BCUT2D eigenvalue weighted by Crippen LogP contribution is -2.36. The van der Waals surface area contributed by atoms with Crippen LogP contribution in [0, 0.1) is 0 Å². The summed E-state index contributed by atoms with van der Waals surface area (Å²) in [6.07, 6.45) is 4.37. The Kier molecular flexibility index (Phi) is 4.16. The molecular formula is C12H18ClN3. The van der Waals surface area contributed by atoms with Crippen LogP contribution in [-0.4, -0.2) is 36.1 Å². The molecule has 1 aromatic heterocycles. The molecule has 0 bridgehead atoms. The van der Waals surface area contributed by atoms with E-state index in [9.17, 15) is 0 Å². The van der Waals surface area contributed by atoms with Gasteiger partial charge < -0.3 is 5.32 Å². The lowest BCUT2D eigenvalue weighted by Gasteiger charge is -2.24. The van der Waals surface area contributed by atoms with Crippen molar-refractivity contribution in [1.29, 1.82) is 0 Å². The van der Waals surface area contributed by atoms with Gasteiger partial charge in [0.2, 0.25) is 0 Å². The molecule has 4 heteroatoms. The lowest BCUT2D eigenvalue weighted by molar-refractivity contribution is 0.242. The summed E-state index contributed by atoms with van der Waals surface area (Å²) < 4.78 is 0. The van der Waals surface area contributed by atoms with Gasteiger partial charge in [0, 0.05) is 25.3 Å². The van der Waals surface area contributed by atoms with E-state index >= 15 is 0 Å². The number of nitrogens with one attached hydrogen (secondary N) is 1. The maximum atomic E-state index is 5.89. The van der Waals surface area contributed by atoms with Crippen molar-refractivity contribution in [2.45, 2.75) is 25.4 Å². The Bertz CT molecular complexity index is 343. The topological polar surface area (TPSA) is 28.2 Å². The monoisotopic (exact) mass is 239 g/mol. The van der Waals surface area contributed by atoms with E-state index in [0.29, 0.717) is 11.2 Å². The summed E-state index contributed by atoms with van der Waals surface area (Å²) in [6.45, 7) is 3.24. The predicted octanol–water partition coefficient (Wildman–Crippen LogP) is 1.92. The van der Waals surface area contributed by atoms with Gasteiger partial charge in [-0.3, -0.25) is 4.90 Å². The Labute approximate surface area is 102 Å². The first-order valence-corrected chi connectivity index (χ1v) is 6.16. The van der Waals surface area contributed by atoms with Crippen LogP contribution in [0.1, 0.15) is 18.4 Å². The molecule has 1 saturated heterocycles. The molecule has 3 nitrogen and oxygen atoms in total. The fourth-order valence-electron chi connectivity index (χ4n) is 2.35. The molecule has 1 N–H and O–H groups in total. The number of likely N-dealkylation sites (tertiary alicyclic amines) is 1. The smallest absolute Gasteiger partial charge is 0.129 e. The molecular weight excluding hydrogens is 222 g/mol. The zero-order chi connectivity index (χ0) is 11.4. The van der Waals surface area contributed by atoms with Gasteiger partial charge >= 0.3 is 0 Å². The van der Waals surface area contributed by atoms with Crippen molar-refractivity contribution in [3.63, 3.8) is 0 Å². The number of hydrogen-bond acceptors (Lipinski definition) is 3. The molecule has 0 saturated carbocycles. The molecule has 1 aliphatic heterocycles. The van der Waals surface area contributed by atoms with Gasteiger partial charge in [-0.2, -0.15) is 0 Å². The molecule has 1 unspecified atom stereocenters. The molecule has 2 heterocycles. The molecule has 1 fully saturated rings. The van der Waals surface area contributed by atoms with E-state index in [-0.39, 0.29) is 0 Å². The molecule has 1 atom stereocenters. The molecule has 0 radical (unpaired) electrons. The number of halogens is 1. The molecule has 0 spiro atoms. The van der Waals surface area contributed by atoms with Crippen molar-refractivity contribution in [3.05, 3.63) is 29.0 Å². The zero-order valence-electron chi connectivity index (χ0n) is 9.62. The van der Waals surface area contributed by atoms with Crippen LogP contribution in [0.3, 0.4) is 0 Å². The second kappa shape index (κ2) is 5.62. The van der Waals surface area contributed by atoms with Crippen LogP contribution in [0.5, 0.6) is 0 Å². The maximum Gasteiger partial charge on any atom is 0.129 e. The van der Waals surface area contributed by atoms with Crippen LogP contribution in [0.15, 0.2) is 18.3 Å². The molecule has 0 aromatic carbocycles. The van der Waals surface area contributed by atoms with Gasteiger partial charge in [0.15, 0.2) is 0 Å². The third-order valence-corrected chi connectivity index (χ3v) is 3.32. The van der Waals surface area contributed by atoms with Crippen LogP contribution in [0.2, 0.25) is 5.15 Å². The Morgan fingerprint density at radius 3 is 3.25 bits per heavy atom. The Morgan fingerprint density at radius 1 is 1.62 bits per heavy atom. The third-order valence-electron chi connectivity index (χ3n) is 3.12. The van der Waals surface area contributed by atoms with E-state index in [4.69, 9.17) is 11.6 Å². The summed E-state index contributed by atoms with van der Waals surface area (Å²) in [5, 5.41) is 3.84. The fraction of sp³-hybridized carbons (Fsp3) is 0.583. The van der Waals surface area contributed by atoms with Crippen molar-refractivity contribution in [1.82, 2.24) is 15.2 Å². The first kappa shape index (κ1) is 11.8.